The maximum atomic E-state index is 12.5. The molecule has 0 saturated heterocycles. The molecule has 9 heteroatoms. The number of hydrogen-bond donors (Lipinski definition) is 2. The van der Waals surface area contributed by atoms with Gasteiger partial charge in [0.1, 0.15) is 18.3 Å². The summed E-state index contributed by atoms with van der Waals surface area (Å²) in [5.74, 6) is -1.44. The van der Waals surface area contributed by atoms with E-state index in [1.54, 1.807) is 61.7 Å². The second-order valence-electron chi connectivity index (χ2n) is 6.99. The molecule has 1 aliphatic rings. The fourth-order valence-corrected chi connectivity index (χ4v) is 3.00. The Labute approximate surface area is 185 Å². The van der Waals surface area contributed by atoms with Crippen molar-refractivity contribution in [2.45, 2.75) is 13.0 Å². The first kappa shape index (κ1) is 22.5. The van der Waals surface area contributed by atoms with Gasteiger partial charge in [-0.15, -0.1) is 0 Å². The number of nitrogens with zero attached hydrogens (tertiary/aromatic N) is 1. The lowest BCUT2D eigenvalue weighted by molar-refractivity contribution is -0.150. The number of hydrogen-bond acceptors (Lipinski definition) is 6. The molecule has 0 aliphatic carbocycles. The van der Waals surface area contributed by atoms with Crippen molar-refractivity contribution in [2.75, 3.05) is 30.5 Å². The summed E-state index contributed by atoms with van der Waals surface area (Å²) in [5.41, 5.74) is 1.82. The number of amides is 3. The van der Waals surface area contributed by atoms with E-state index >= 15 is 0 Å². The minimum atomic E-state index is -0.965. The Morgan fingerprint density at radius 2 is 1.88 bits per heavy atom. The molecule has 1 aliphatic heterocycles. The highest BCUT2D eigenvalue weighted by Gasteiger charge is 2.27. The number of methoxy groups -OCH3 is 1. The maximum absolute atomic E-state index is 12.5. The zero-order valence-corrected chi connectivity index (χ0v) is 17.7. The first-order chi connectivity index (χ1) is 15.4. The maximum Gasteiger partial charge on any atom is 0.328 e. The van der Waals surface area contributed by atoms with Gasteiger partial charge in [-0.1, -0.05) is 24.3 Å². The Hall–Kier alpha value is -4.14. The van der Waals surface area contributed by atoms with Crippen LogP contribution in [-0.4, -0.2) is 50.0 Å². The van der Waals surface area contributed by atoms with Crippen LogP contribution >= 0.6 is 0 Å². The molecule has 9 nitrogen and oxygen atoms in total. The molecule has 0 saturated carbocycles. The second-order valence-corrected chi connectivity index (χ2v) is 6.99. The SMILES string of the molecule is COc1ccc(/C=C/C(=O)N[C@@H](C)C(=O)OCC(=O)N2CC(=O)Nc3ccccc32)cc1. The van der Waals surface area contributed by atoms with Crippen LogP contribution in [0.2, 0.25) is 0 Å². The van der Waals surface area contributed by atoms with Crippen LogP contribution in [0.15, 0.2) is 54.6 Å². The van der Waals surface area contributed by atoms with E-state index in [1.165, 1.54) is 17.9 Å². The van der Waals surface area contributed by atoms with Gasteiger partial charge in [0.05, 0.1) is 18.5 Å². The molecular formula is C23H23N3O6. The van der Waals surface area contributed by atoms with Gasteiger partial charge in [0.2, 0.25) is 11.8 Å². The Morgan fingerprint density at radius 1 is 1.16 bits per heavy atom. The van der Waals surface area contributed by atoms with Crippen LogP contribution in [-0.2, 0) is 23.9 Å². The molecular weight excluding hydrogens is 414 g/mol. The Kier molecular flexibility index (Phi) is 7.22. The third-order valence-electron chi connectivity index (χ3n) is 4.66. The standard InChI is InChI=1S/C23H23N3O6/c1-15(24-20(27)12-9-16-7-10-17(31-2)11-8-16)23(30)32-14-22(29)26-13-21(28)25-18-5-3-4-6-19(18)26/h3-12,15H,13-14H2,1-2H3,(H,24,27)(H,25,28)/b12-9+/t15-/m0/s1. The number of carbonyl (C=O) groups excluding carboxylic acids is 4. The van der Waals surface area contributed by atoms with Crippen LogP contribution in [0.25, 0.3) is 6.08 Å². The number of anilines is 2. The summed E-state index contributed by atoms with van der Waals surface area (Å²) in [4.78, 5) is 49.9. The molecule has 0 fully saturated rings. The van der Waals surface area contributed by atoms with Crippen molar-refractivity contribution < 1.29 is 28.7 Å². The highest BCUT2D eigenvalue weighted by molar-refractivity contribution is 6.10. The van der Waals surface area contributed by atoms with E-state index in [1.807, 2.05) is 0 Å². The number of nitrogens with one attached hydrogen (secondary N) is 2. The van der Waals surface area contributed by atoms with E-state index in [4.69, 9.17) is 9.47 Å². The van der Waals surface area contributed by atoms with Gasteiger partial charge in [0.15, 0.2) is 6.61 Å². The first-order valence-corrected chi connectivity index (χ1v) is 9.86. The van der Waals surface area contributed by atoms with Crippen LogP contribution < -0.4 is 20.3 Å². The van der Waals surface area contributed by atoms with Gasteiger partial charge in [-0.3, -0.25) is 19.3 Å². The molecule has 0 aromatic heterocycles. The van der Waals surface area contributed by atoms with E-state index in [0.717, 1.165) is 5.56 Å². The third kappa shape index (κ3) is 5.72. The second kappa shape index (κ2) is 10.3. The van der Waals surface area contributed by atoms with Crippen molar-refractivity contribution in [1.82, 2.24) is 5.32 Å². The van der Waals surface area contributed by atoms with Gasteiger partial charge in [-0.2, -0.15) is 0 Å². The van der Waals surface area contributed by atoms with Crippen LogP contribution in [0, 0.1) is 0 Å². The third-order valence-corrected chi connectivity index (χ3v) is 4.66. The fourth-order valence-electron chi connectivity index (χ4n) is 3.00. The molecule has 0 bridgehead atoms. The number of esters is 1. The molecule has 1 atom stereocenters. The van der Waals surface area contributed by atoms with E-state index in [9.17, 15) is 19.2 Å². The number of benzene rings is 2. The number of fused-ring (bicyclic) bond motifs is 1. The fraction of sp³-hybridized carbons (Fsp3) is 0.217. The molecule has 166 valence electrons. The van der Waals surface area contributed by atoms with Crippen LogP contribution in [0.3, 0.4) is 0 Å². The van der Waals surface area contributed by atoms with E-state index in [2.05, 4.69) is 10.6 Å². The predicted molar refractivity (Wildman–Crippen MR) is 118 cm³/mol. The molecule has 0 spiro atoms. The van der Waals surface area contributed by atoms with Crippen LogP contribution in [0.1, 0.15) is 12.5 Å². The summed E-state index contributed by atoms with van der Waals surface area (Å²) in [5, 5.41) is 5.16. The Balaban J connectivity index is 1.50. The first-order valence-electron chi connectivity index (χ1n) is 9.86. The summed E-state index contributed by atoms with van der Waals surface area (Å²) in [6, 6.07) is 13.0. The molecule has 3 amide bonds. The summed E-state index contributed by atoms with van der Waals surface area (Å²) in [6.45, 7) is 0.730. The van der Waals surface area contributed by atoms with Crippen molar-refractivity contribution in [1.29, 1.82) is 0 Å². The smallest absolute Gasteiger partial charge is 0.328 e. The Bertz CT molecular complexity index is 1050. The number of rotatable bonds is 7. The van der Waals surface area contributed by atoms with Gasteiger partial charge in [0, 0.05) is 6.08 Å². The quantitative estimate of drug-likeness (QED) is 0.504. The predicted octanol–water partition coefficient (Wildman–Crippen LogP) is 1.74. The van der Waals surface area contributed by atoms with E-state index in [-0.39, 0.29) is 12.5 Å². The van der Waals surface area contributed by atoms with Gasteiger partial charge in [-0.25, -0.2) is 4.79 Å². The largest absolute Gasteiger partial charge is 0.497 e. The highest BCUT2D eigenvalue weighted by atomic mass is 16.5. The lowest BCUT2D eigenvalue weighted by Crippen LogP contribution is -2.45. The minimum Gasteiger partial charge on any atom is -0.497 e. The van der Waals surface area contributed by atoms with Gasteiger partial charge < -0.3 is 20.1 Å². The number of ether oxygens (including phenoxy) is 2. The van der Waals surface area contributed by atoms with Crippen molar-refractivity contribution in [2.24, 2.45) is 0 Å². The molecule has 3 rings (SSSR count). The van der Waals surface area contributed by atoms with E-state index in [0.29, 0.717) is 17.1 Å². The van der Waals surface area contributed by atoms with Crippen molar-refractivity contribution in [3.8, 4) is 5.75 Å². The molecule has 2 aromatic rings. The zero-order valence-electron chi connectivity index (χ0n) is 17.7. The molecule has 0 radical (unpaired) electrons. The molecule has 1 heterocycles. The van der Waals surface area contributed by atoms with Crippen LogP contribution in [0.5, 0.6) is 5.75 Å². The highest BCUT2D eigenvalue weighted by Crippen LogP contribution is 2.28. The summed E-state index contributed by atoms with van der Waals surface area (Å²) >= 11 is 0. The lowest BCUT2D eigenvalue weighted by atomic mass is 10.2. The average molecular weight is 437 g/mol. The molecule has 0 unspecified atom stereocenters. The monoisotopic (exact) mass is 437 g/mol. The normalized spacial score (nSPS) is 13.7. The van der Waals surface area contributed by atoms with Crippen LogP contribution in [0.4, 0.5) is 11.4 Å². The minimum absolute atomic E-state index is 0.171. The van der Waals surface area contributed by atoms with Gasteiger partial charge in [0.25, 0.3) is 5.91 Å². The number of para-hydroxylation sites is 2. The van der Waals surface area contributed by atoms with Gasteiger partial charge >= 0.3 is 5.97 Å². The zero-order chi connectivity index (χ0) is 23.1. The topological polar surface area (TPSA) is 114 Å². The Morgan fingerprint density at radius 3 is 2.59 bits per heavy atom. The number of carbonyl (C=O) groups is 4. The summed E-state index contributed by atoms with van der Waals surface area (Å²) < 4.78 is 10.1. The van der Waals surface area contributed by atoms with Gasteiger partial charge in [-0.05, 0) is 42.8 Å². The lowest BCUT2D eigenvalue weighted by Gasteiger charge is -2.29. The van der Waals surface area contributed by atoms with Crippen molar-refractivity contribution in [3.63, 3.8) is 0 Å². The molecule has 2 aromatic carbocycles. The molecule has 2 N–H and O–H groups in total. The summed E-state index contributed by atoms with van der Waals surface area (Å²) in [7, 11) is 1.56. The summed E-state index contributed by atoms with van der Waals surface area (Å²) in [6.07, 6.45) is 2.88. The van der Waals surface area contributed by atoms with Crippen molar-refractivity contribution in [3.05, 3.63) is 60.2 Å². The average Bonchev–Trinajstić information content (AvgIpc) is 2.80. The molecule has 32 heavy (non-hydrogen) atoms. The van der Waals surface area contributed by atoms with E-state index < -0.39 is 30.4 Å². The van der Waals surface area contributed by atoms with Crippen molar-refractivity contribution >= 4 is 41.1 Å².